The Morgan fingerprint density at radius 2 is 2.00 bits per heavy atom. The van der Waals surface area contributed by atoms with Gasteiger partial charge in [-0.15, -0.1) is 0 Å². The van der Waals surface area contributed by atoms with Gasteiger partial charge >= 0.3 is 5.97 Å². The van der Waals surface area contributed by atoms with Crippen LogP contribution in [0.3, 0.4) is 0 Å². The summed E-state index contributed by atoms with van der Waals surface area (Å²) < 4.78 is 20.3. The van der Waals surface area contributed by atoms with Gasteiger partial charge in [0.05, 0.1) is 25.6 Å². The van der Waals surface area contributed by atoms with Crippen LogP contribution < -0.4 is 14.8 Å². The number of nitrogens with zero attached hydrogens (tertiary/aromatic N) is 1. The Labute approximate surface area is 145 Å². The lowest BCUT2D eigenvalue weighted by atomic mass is 10.1. The fraction of sp³-hybridized carbons (Fsp3) is 0.353. The van der Waals surface area contributed by atoms with E-state index in [4.69, 9.17) is 18.7 Å². The minimum Gasteiger partial charge on any atom is -0.497 e. The zero-order chi connectivity index (χ0) is 18.4. The van der Waals surface area contributed by atoms with Crippen LogP contribution in [0.5, 0.6) is 11.5 Å². The molecule has 25 heavy (non-hydrogen) atoms. The Morgan fingerprint density at radius 1 is 1.24 bits per heavy atom. The number of esters is 1. The first kappa shape index (κ1) is 18.3. The summed E-state index contributed by atoms with van der Waals surface area (Å²) in [5.74, 6) is 0.219. The van der Waals surface area contributed by atoms with E-state index in [2.05, 4.69) is 10.5 Å². The third-order valence-corrected chi connectivity index (χ3v) is 3.49. The number of hydrogen-bond donors (Lipinski definition) is 1. The van der Waals surface area contributed by atoms with Gasteiger partial charge in [-0.1, -0.05) is 12.1 Å². The molecular formula is C17H20N2O6. The molecule has 0 radical (unpaired) electrons. The average Bonchev–Trinajstić information content (AvgIpc) is 3.00. The molecule has 0 bridgehead atoms. The van der Waals surface area contributed by atoms with Crippen molar-refractivity contribution in [3.8, 4) is 11.5 Å². The maximum absolute atomic E-state index is 12.1. The van der Waals surface area contributed by atoms with Crippen molar-refractivity contribution in [2.75, 3.05) is 26.1 Å². The maximum Gasteiger partial charge on any atom is 0.344 e. The molecule has 0 atom stereocenters. The molecule has 134 valence electrons. The van der Waals surface area contributed by atoms with Crippen molar-refractivity contribution in [1.82, 2.24) is 5.16 Å². The molecular weight excluding hydrogens is 328 g/mol. The largest absolute Gasteiger partial charge is 0.497 e. The number of hydrogen-bond acceptors (Lipinski definition) is 7. The van der Waals surface area contributed by atoms with Gasteiger partial charge in [-0.25, -0.2) is 4.79 Å². The number of nitrogens with one attached hydrogen (secondary N) is 1. The highest BCUT2D eigenvalue weighted by atomic mass is 16.5. The zero-order valence-corrected chi connectivity index (χ0v) is 14.5. The van der Waals surface area contributed by atoms with Gasteiger partial charge in [0, 0.05) is 6.07 Å². The second-order valence-corrected chi connectivity index (χ2v) is 5.10. The normalized spacial score (nSPS) is 10.2. The Morgan fingerprint density at radius 3 is 2.64 bits per heavy atom. The van der Waals surface area contributed by atoms with Crippen LogP contribution in [0.2, 0.25) is 0 Å². The minimum atomic E-state index is -0.650. The van der Waals surface area contributed by atoms with Crippen LogP contribution in [-0.2, 0) is 16.0 Å². The zero-order valence-electron chi connectivity index (χ0n) is 14.5. The van der Waals surface area contributed by atoms with Crippen LogP contribution in [-0.4, -0.2) is 37.9 Å². The molecule has 0 aliphatic rings. The first-order valence-corrected chi connectivity index (χ1v) is 7.64. The van der Waals surface area contributed by atoms with Gasteiger partial charge in [0.1, 0.15) is 22.8 Å². The van der Waals surface area contributed by atoms with Crippen molar-refractivity contribution in [2.24, 2.45) is 0 Å². The molecule has 1 aromatic heterocycles. The van der Waals surface area contributed by atoms with E-state index in [1.807, 2.05) is 6.92 Å². The summed E-state index contributed by atoms with van der Waals surface area (Å²) in [7, 11) is 3.00. The van der Waals surface area contributed by atoms with E-state index < -0.39 is 18.5 Å². The molecule has 8 heteroatoms. The maximum atomic E-state index is 12.1. The molecule has 1 aromatic carbocycles. The van der Waals surface area contributed by atoms with Crippen molar-refractivity contribution in [3.05, 3.63) is 35.2 Å². The molecule has 0 fully saturated rings. The van der Waals surface area contributed by atoms with E-state index in [9.17, 15) is 9.59 Å². The summed E-state index contributed by atoms with van der Waals surface area (Å²) in [5, 5.41) is 6.40. The number of aryl methyl sites for hydroxylation is 2. The predicted molar refractivity (Wildman–Crippen MR) is 89.1 cm³/mol. The predicted octanol–water partition coefficient (Wildman–Crippen LogP) is 2.36. The fourth-order valence-electron chi connectivity index (χ4n) is 2.22. The number of amides is 1. The van der Waals surface area contributed by atoms with Gasteiger partial charge < -0.3 is 24.1 Å². The Balaban J connectivity index is 2.01. The van der Waals surface area contributed by atoms with Gasteiger partial charge in [0.25, 0.3) is 5.91 Å². The third kappa shape index (κ3) is 4.28. The first-order chi connectivity index (χ1) is 12.0. The van der Waals surface area contributed by atoms with Gasteiger partial charge in [-0.05, 0) is 25.5 Å². The molecule has 1 amide bonds. The summed E-state index contributed by atoms with van der Waals surface area (Å²) in [4.78, 5) is 24.2. The van der Waals surface area contributed by atoms with E-state index in [0.29, 0.717) is 35.1 Å². The number of anilines is 1. The van der Waals surface area contributed by atoms with Crippen LogP contribution in [0.4, 0.5) is 5.69 Å². The molecule has 1 heterocycles. The summed E-state index contributed by atoms with van der Waals surface area (Å²) in [6.07, 6.45) is 0.523. The summed E-state index contributed by atoms with van der Waals surface area (Å²) in [6.45, 7) is 3.01. The Kier molecular flexibility index (Phi) is 5.99. The van der Waals surface area contributed by atoms with Crippen molar-refractivity contribution in [1.29, 1.82) is 0 Å². The van der Waals surface area contributed by atoms with E-state index >= 15 is 0 Å². The van der Waals surface area contributed by atoms with Crippen LogP contribution in [0, 0.1) is 6.92 Å². The molecule has 0 spiro atoms. The van der Waals surface area contributed by atoms with Crippen LogP contribution in [0.15, 0.2) is 22.7 Å². The lowest BCUT2D eigenvalue weighted by Crippen LogP contribution is -2.21. The summed E-state index contributed by atoms with van der Waals surface area (Å²) >= 11 is 0. The quantitative estimate of drug-likeness (QED) is 0.767. The van der Waals surface area contributed by atoms with Gasteiger partial charge in [-0.2, -0.15) is 0 Å². The number of benzene rings is 1. The molecule has 0 unspecified atom stereocenters. The molecule has 0 aliphatic carbocycles. The molecule has 2 rings (SSSR count). The van der Waals surface area contributed by atoms with Crippen molar-refractivity contribution in [3.63, 3.8) is 0 Å². The highest BCUT2D eigenvalue weighted by Crippen LogP contribution is 2.28. The lowest BCUT2D eigenvalue weighted by Gasteiger charge is -2.12. The Bertz CT molecular complexity index is 768. The molecule has 2 aromatic rings. The minimum absolute atomic E-state index is 0.259. The number of rotatable bonds is 7. The second kappa shape index (κ2) is 8.18. The van der Waals surface area contributed by atoms with Gasteiger partial charge in [0.15, 0.2) is 6.61 Å². The third-order valence-electron chi connectivity index (χ3n) is 3.49. The molecule has 1 N–H and O–H groups in total. The van der Waals surface area contributed by atoms with E-state index in [1.165, 1.54) is 14.2 Å². The van der Waals surface area contributed by atoms with Crippen LogP contribution in [0.1, 0.15) is 28.7 Å². The molecule has 0 saturated carbocycles. The molecule has 0 aliphatic heterocycles. The summed E-state index contributed by atoms with van der Waals surface area (Å²) in [5.41, 5.74) is 1.17. The van der Waals surface area contributed by atoms with Crippen molar-refractivity contribution in [2.45, 2.75) is 20.3 Å². The lowest BCUT2D eigenvalue weighted by molar-refractivity contribution is -0.119. The number of carbonyl (C=O) groups excluding carboxylic acids is 2. The van der Waals surface area contributed by atoms with E-state index in [-0.39, 0.29) is 5.56 Å². The standard InChI is InChI=1S/C17H20N2O6/c1-5-12-16(10(2)25-19-12)17(21)24-9-15(20)18-13-8-11(22-3)6-7-14(13)23-4/h6-8H,5,9H2,1-4H3,(H,18,20). The number of carbonyl (C=O) groups is 2. The van der Waals surface area contributed by atoms with Crippen molar-refractivity contribution < 1.29 is 28.3 Å². The van der Waals surface area contributed by atoms with Gasteiger partial charge in [0.2, 0.25) is 0 Å². The number of methoxy groups -OCH3 is 2. The monoisotopic (exact) mass is 348 g/mol. The first-order valence-electron chi connectivity index (χ1n) is 7.64. The van der Waals surface area contributed by atoms with Crippen LogP contribution in [0.25, 0.3) is 0 Å². The molecule has 8 nitrogen and oxygen atoms in total. The van der Waals surface area contributed by atoms with E-state index in [0.717, 1.165) is 0 Å². The molecule has 0 saturated heterocycles. The highest BCUT2D eigenvalue weighted by molar-refractivity contribution is 5.97. The second-order valence-electron chi connectivity index (χ2n) is 5.10. The van der Waals surface area contributed by atoms with Gasteiger partial charge in [-0.3, -0.25) is 4.79 Å². The fourth-order valence-corrected chi connectivity index (χ4v) is 2.22. The van der Waals surface area contributed by atoms with Crippen LogP contribution >= 0.6 is 0 Å². The number of ether oxygens (including phenoxy) is 3. The topological polar surface area (TPSA) is 99.9 Å². The Hall–Kier alpha value is -3.03. The van der Waals surface area contributed by atoms with E-state index in [1.54, 1.807) is 25.1 Å². The number of aromatic nitrogens is 1. The highest BCUT2D eigenvalue weighted by Gasteiger charge is 2.21. The smallest absolute Gasteiger partial charge is 0.344 e. The summed E-state index contributed by atoms with van der Waals surface area (Å²) in [6, 6.07) is 4.97. The van der Waals surface area contributed by atoms with Crippen molar-refractivity contribution >= 4 is 17.6 Å². The average molecular weight is 348 g/mol. The SMILES string of the molecule is CCc1noc(C)c1C(=O)OCC(=O)Nc1cc(OC)ccc1OC.